The van der Waals surface area contributed by atoms with Crippen molar-refractivity contribution >= 4 is 5.91 Å². The van der Waals surface area contributed by atoms with Crippen LogP contribution in [-0.4, -0.2) is 59.9 Å². The fourth-order valence-electron chi connectivity index (χ4n) is 1.26. The summed E-state index contributed by atoms with van der Waals surface area (Å²) in [6.45, 7) is 0.980. The molecule has 12 heavy (non-hydrogen) atoms. The number of carbonyl (C=O) groups is 1. The van der Waals surface area contributed by atoms with Crippen LogP contribution in [0, 0.1) is 0 Å². The zero-order chi connectivity index (χ0) is 9.14. The number of carbonyl (C=O) groups excluding carboxylic acids is 1. The van der Waals surface area contributed by atoms with Gasteiger partial charge >= 0.3 is 0 Å². The normalized spacial score (nSPS) is 30.6. The van der Waals surface area contributed by atoms with Crippen molar-refractivity contribution in [3.63, 3.8) is 0 Å². The number of hydrogen-bond acceptors (Lipinski definition) is 4. The van der Waals surface area contributed by atoms with Gasteiger partial charge < -0.3 is 15.5 Å². The van der Waals surface area contributed by atoms with Gasteiger partial charge in [-0.15, -0.1) is 0 Å². The van der Waals surface area contributed by atoms with Crippen LogP contribution < -0.4 is 5.32 Å². The smallest absolute Gasteiger partial charge is 0.233 e. The summed E-state index contributed by atoms with van der Waals surface area (Å²) in [6.07, 6.45) is -1.43. The van der Waals surface area contributed by atoms with E-state index >= 15 is 0 Å². The Labute approximate surface area is 71.0 Å². The Morgan fingerprint density at radius 3 is 2.42 bits per heavy atom. The molecule has 2 atom stereocenters. The van der Waals surface area contributed by atoms with E-state index in [0.29, 0.717) is 13.1 Å². The minimum Gasteiger partial charge on any atom is -0.389 e. The van der Waals surface area contributed by atoms with Gasteiger partial charge in [0.2, 0.25) is 5.91 Å². The van der Waals surface area contributed by atoms with Gasteiger partial charge in [0.25, 0.3) is 0 Å². The standard InChI is InChI=1S/C7H14N2O3/c1-8-7(12)4-9-2-5(10)6(11)3-9/h5-6,10-11H,2-4H2,1H3,(H,8,12)/t5-,6+. The summed E-state index contributed by atoms with van der Waals surface area (Å²) in [4.78, 5) is 12.6. The van der Waals surface area contributed by atoms with Crippen LogP contribution >= 0.6 is 0 Å². The van der Waals surface area contributed by atoms with Gasteiger partial charge in [-0.25, -0.2) is 0 Å². The molecule has 0 aromatic rings. The Balaban J connectivity index is 2.32. The molecule has 5 heteroatoms. The zero-order valence-electron chi connectivity index (χ0n) is 7.03. The Kier molecular flexibility index (Phi) is 3.02. The number of nitrogens with zero attached hydrogens (tertiary/aromatic N) is 1. The van der Waals surface area contributed by atoms with Gasteiger partial charge in [0, 0.05) is 20.1 Å². The topological polar surface area (TPSA) is 72.8 Å². The summed E-state index contributed by atoms with van der Waals surface area (Å²) in [5, 5.41) is 20.7. The average Bonchev–Trinajstić information content (AvgIpc) is 2.31. The second-order valence-corrected chi connectivity index (χ2v) is 3.00. The van der Waals surface area contributed by atoms with Crippen LogP contribution in [0.3, 0.4) is 0 Å². The molecule has 1 heterocycles. The fraction of sp³-hybridized carbons (Fsp3) is 0.857. The largest absolute Gasteiger partial charge is 0.389 e. The maximum atomic E-state index is 10.9. The number of likely N-dealkylation sites (N-methyl/N-ethyl adjacent to an activating group) is 1. The molecular weight excluding hydrogens is 160 g/mol. The van der Waals surface area contributed by atoms with Gasteiger partial charge in [-0.3, -0.25) is 9.69 Å². The summed E-state index contributed by atoms with van der Waals surface area (Å²) < 4.78 is 0. The summed E-state index contributed by atoms with van der Waals surface area (Å²) in [5.74, 6) is -0.101. The first-order valence-corrected chi connectivity index (χ1v) is 3.92. The molecule has 0 aromatic heterocycles. The van der Waals surface area contributed by atoms with Crippen molar-refractivity contribution in [2.75, 3.05) is 26.7 Å². The molecule has 0 aliphatic carbocycles. The molecule has 1 aliphatic rings. The molecular formula is C7H14N2O3. The number of hydrogen-bond donors (Lipinski definition) is 3. The third kappa shape index (κ3) is 2.17. The quantitative estimate of drug-likeness (QED) is 0.443. The van der Waals surface area contributed by atoms with Crippen molar-refractivity contribution in [1.82, 2.24) is 10.2 Å². The minimum atomic E-state index is -0.713. The van der Waals surface area contributed by atoms with E-state index in [0.717, 1.165) is 0 Å². The van der Waals surface area contributed by atoms with E-state index in [1.807, 2.05) is 0 Å². The predicted molar refractivity (Wildman–Crippen MR) is 42.5 cm³/mol. The Morgan fingerprint density at radius 2 is 2.00 bits per heavy atom. The van der Waals surface area contributed by atoms with Crippen LogP contribution in [0.15, 0.2) is 0 Å². The molecule has 3 N–H and O–H groups in total. The van der Waals surface area contributed by atoms with Crippen LogP contribution in [0.4, 0.5) is 0 Å². The van der Waals surface area contributed by atoms with Crippen LogP contribution in [0.5, 0.6) is 0 Å². The predicted octanol–water partition coefficient (Wildman–Crippen LogP) is -2.23. The van der Waals surface area contributed by atoms with E-state index in [4.69, 9.17) is 10.2 Å². The number of aliphatic hydroxyl groups is 2. The minimum absolute atomic E-state index is 0.101. The van der Waals surface area contributed by atoms with E-state index in [1.54, 1.807) is 11.9 Å². The average molecular weight is 174 g/mol. The van der Waals surface area contributed by atoms with Gasteiger partial charge in [0.15, 0.2) is 0 Å². The molecule has 0 spiro atoms. The number of β-amino-alcohol motifs (C(OH)–C–C–N with tert-alkyl or cyclic N) is 2. The molecule has 1 rings (SSSR count). The van der Waals surface area contributed by atoms with Gasteiger partial charge in [0.05, 0.1) is 18.8 Å². The maximum absolute atomic E-state index is 10.9. The SMILES string of the molecule is CNC(=O)CN1C[C@@H](O)[C@@H](O)C1. The Morgan fingerprint density at radius 1 is 1.50 bits per heavy atom. The van der Waals surface area contributed by atoms with Crippen molar-refractivity contribution in [3.05, 3.63) is 0 Å². The highest BCUT2D eigenvalue weighted by atomic mass is 16.3. The lowest BCUT2D eigenvalue weighted by atomic mass is 10.3. The third-order valence-corrected chi connectivity index (χ3v) is 1.98. The van der Waals surface area contributed by atoms with E-state index < -0.39 is 12.2 Å². The molecule has 1 amide bonds. The molecule has 0 bridgehead atoms. The molecule has 0 saturated carbocycles. The first-order chi connectivity index (χ1) is 5.63. The Bertz CT molecular complexity index is 164. The summed E-state index contributed by atoms with van der Waals surface area (Å²) >= 11 is 0. The molecule has 1 fully saturated rings. The lowest BCUT2D eigenvalue weighted by Crippen LogP contribution is -2.34. The lowest BCUT2D eigenvalue weighted by molar-refractivity contribution is -0.121. The molecule has 1 aliphatic heterocycles. The molecule has 5 nitrogen and oxygen atoms in total. The van der Waals surface area contributed by atoms with Crippen LogP contribution in [-0.2, 0) is 4.79 Å². The highest BCUT2D eigenvalue weighted by molar-refractivity contribution is 5.77. The number of nitrogens with one attached hydrogen (secondary N) is 1. The third-order valence-electron chi connectivity index (χ3n) is 1.98. The zero-order valence-corrected chi connectivity index (χ0v) is 7.03. The number of aliphatic hydroxyl groups excluding tert-OH is 2. The van der Waals surface area contributed by atoms with Gasteiger partial charge in [-0.2, -0.15) is 0 Å². The first kappa shape index (κ1) is 9.44. The molecule has 1 saturated heterocycles. The molecule has 70 valence electrons. The van der Waals surface area contributed by atoms with E-state index in [2.05, 4.69) is 5.32 Å². The highest BCUT2D eigenvalue weighted by Gasteiger charge is 2.30. The van der Waals surface area contributed by atoms with Crippen LogP contribution in [0.25, 0.3) is 0 Å². The molecule has 0 radical (unpaired) electrons. The van der Waals surface area contributed by atoms with E-state index in [-0.39, 0.29) is 12.5 Å². The Hall–Kier alpha value is -0.650. The maximum Gasteiger partial charge on any atom is 0.233 e. The van der Waals surface area contributed by atoms with Crippen LogP contribution in [0.2, 0.25) is 0 Å². The molecule has 0 aromatic carbocycles. The van der Waals surface area contributed by atoms with Gasteiger partial charge in [-0.1, -0.05) is 0 Å². The van der Waals surface area contributed by atoms with Crippen molar-refractivity contribution in [2.24, 2.45) is 0 Å². The van der Waals surface area contributed by atoms with Crippen molar-refractivity contribution in [3.8, 4) is 0 Å². The van der Waals surface area contributed by atoms with E-state index in [1.165, 1.54) is 0 Å². The summed E-state index contributed by atoms with van der Waals surface area (Å²) in [7, 11) is 1.56. The molecule has 0 unspecified atom stereocenters. The van der Waals surface area contributed by atoms with Crippen molar-refractivity contribution in [1.29, 1.82) is 0 Å². The monoisotopic (exact) mass is 174 g/mol. The van der Waals surface area contributed by atoms with Crippen molar-refractivity contribution < 1.29 is 15.0 Å². The number of likely N-dealkylation sites (tertiary alicyclic amines) is 1. The van der Waals surface area contributed by atoms with E-state index in [9.17, 15) is 4.79 Å². The summed E-state index contributed by atoms with van der Waals surface area (Å²) in [5.41, 5.74) is 0. The second-order valence-electron chi connectivity index (χ2n) is 3.00. The number of rotatable bonds is 2. The number of amides is 1. The second kappa shape index (κ2) is 3.84. The van der Waals surface area contributed by atoms with Gasteiger partial charge in [-0.05, 0) is 0 Å². The van der Waals surface area contributed by atoms with Crippen molar-refractivity contribution in [2.45, 2.75) is 12.2 Å². The highest BCUT2D eigenvalue weighted by Crippen LogP contribution is 2.08. The summed E-state index contributed by atoms with van der Waals surface area (Å²) in [6, 6.07) is 0. The van der Waals surface area contributed by atoms with Gasteiger partial charge in [0.1, 0.15) is 0 Å². The fourth-order valence-corrected chi connectivity index (χ4v) is 1.26. The first-order valence-electron chi connectivity index (χ1n) is 3.92. The lowest BCUT2D eigenvalue weighted by Gasteiger charge is -2.12. The van der Waals surface area contributed by atoms with Crippen LogP contribution in [0.1, 0.15) is 0 Å².